The molecule has 0 aliphatic heterocycles. The van der Waals surface area contributed by atoms with Crippen LogP contribution in [0, 0.1) is 13.8 Å². The summed E-state index contributed by atoms with van der Waals surface area (Å²) >= 11 is 6.15. The van der Waals surface area contributed by atoms with E-state index in [0.29, 0.717) is 6.61 Å². The van der Waals surface area contributed by atoms with Gasteiger partial charge in [-0.05, 0) is 56.2 Å². The number of aryl methyl sites for hydroxylation is 2. The Kier molecular flexibility index (Phi) is 4.85. The van der Waals surface area contributed by atoms with Crippen LogP contribution in [0.15, 0.2) is 30.3 Å². The molecule has 0 amide bonds. The molecule has 1 N–H and O–H groups in total. The summed E-state index contributed by atoms with van der Waals surface area (Å²) < 4.78 is 5.79. The van der Waals surface area contributed by atoms with Gasteiger partial charge in [0.2, 0.25) is 0 Å². The first kappa shape index (κ1) is 14.7. The molecule has 0 unspecified atom stereocenters. The van der Waals surface area contributed by atoms with Gasteiger partial charge in [-0.15, -0.1) is 0 Å². The highest BCUT2D eigenvalue weighted by Crippen LogP contribution is 2.26. The lowest BCUT2D eigenvalue weighted by molar-refractivity contribution is 0.301. The smallest absolute Gasteiger partial charge is 0.130 e. The molecule has 2 rings (SSSR count). The highest BCUT2D eigenvalue weighted by Gasteiger charge is 2.04. The van der Waals surface area contributed by atoms with Gasteiger partial charge in [-0.1, -0.05) is 17.7 Å². The van der Waals surface area contributed by atoms with E-state index in [1.165, 1.54) is 0 Å². The lowest BCUT2D eigenvalue weighted by atomic mass is 10.1. The molecule has 2 aromatic rings. The van der Waals surface area contributed by atoms with Crippen LogP contribution in [0.3, 0.4) is 0 Å². The first-order valence-corrected chi connectivity index (χ1v) is 7.07. The minimum Gasteiger partial charge on any atom is -0.487 e. The van der Waals surface area contributed by atoms with Gasteiger partial charge < -0.3 is 10.1 Å². The molecule has 0 radical (unpaired) electrons. The first-order valence-electron chi connectivity index (χ1n) is 6.69. The van der Waals surface area contributed by atoms with Crippen molar-refractivity contribution in [1.29, 1.82) is 0 Å². The minimum absolute atomic E-state index is 0.444. The molecule has 0 saturated heterocycles. The lowest BCUT2D eigenvalue weighted by Gasteiger charge is -2.10. The molecule has 4 heteroatoms. The number of nitrogens with zero attached hydrogens (tertiary/aromatic N) is 1. The maximum Gasteiger partial charge on any atom is 0.130 e. The fourth-order valence-electron chi connectivity index (χ4n) is 1.99. The molecule has 0 bridgehead atoms. The van der Waals surface area contributed by atoms with Crippen LogP contribution in [0.5, 0.6) is 5.75 Å². The van der Waals surface area contributed by atoms with Crippen molar-refractivity contribution in [2.45, 2.75) is 27.4 Å². The predicted octanol–water partition coefficient (Wildman–Crippen LogP) is 4.36. The third-order valence-electron chi connectivity index (χ3n) is 2.96. The molecule has 0 saturated carbocycles. The van der Waals surface area contributed by atoms with Crippen molar-refractivity contribution in [3.63, 3.8) is 0 Å². The molecule has 0 fully saturated rings. The Balaban J connectivity index is 2.07. The lowest BCUT2D eigenvalue weighted by Crippen LogP contribution is -2.03. The monoisotopic (exact) mass is 290 g/mol. The number of nitrogens with one attached hydrogen (secondary N) is 1. The molecule has 0 aliphatic carbocycles. The second-order valence-electron chi connectivity index (χ2n) is 4.70. The molecule has 0 spiro atoms. The predicted molar refractivity (Wildman–Crippen MR) is 83.7 cm³/mol. The number of ether oxygens (including phenoxy) is 1. The van der Waals surface area contributed by atoms with E-state index < -0.39 is 0 Å². The maximum atomic E-state index is 6.15. The van der Waals surface area contributed by atoms with E-state index in [9.17, 15) is 0 Å². The summed E-state index contributed by atoms with van der Waals surface area (Å²) in [6.07, 6.45) is 0. The van der Waals surface area contributed by atoms with Gasteiger partial charge >= 0.3 is 0 Å². The van der Waals surface area contributed by atoms with E-state index >= 15 is 0 Å². The zero-order valence-electron chi connectivity index (χ0n) is 12.0. The summed E-state index contributed by atoms with van der Waals surface area (Å²) in [4.78, 5) is 4.48. The SMILES string of the molecule is CCNc1cccc(COc2cc(C)c(Cl)c(C)c2)n1. The maximum absolute atomic E-state index is 6.15. The van der Waals surface area contributed by atoms with E-state index in [-0.39, 0.29) is 0 Å². The number of benzene rings is 1. The van der Waals surface area contributed by atoms with Crippen LogP contribution in [-0.2, 0) is 6.61 Å². The van der Waals surface area contributed by atoms with Crippen molar-refractivity contribution in [2.75, 3.05) is 11.9 Å². The quantitative estimate of drug-likeness (QED) is 0.888. The number of anilines is 1. The average molecular weight is 291 g/mol. The summed E-state index contributed by atoms with van der Waals surface area (Å²) in [5, 5.41) is 3.98. The second-order valence-corrected chi connectivity index (χ2v) is 5.08. The fraction of sp³-hybridized carbons (Fsp3) is 0.312. The summed E-state index contributed by atoms with van der Waals surface area (Å²) in [6.45, 7) is 7.30. The Labute approximate surface area is 124 Å². The van der Waals surface area contributed by atoms with Gasteiger partial charge in [0.15, 0.2) is 0 Å². The number of halogens is 1. The number of aromatic nitrogens is 1. The van der Waals surface area contributed by atoms with Crippen LogP contribution < -0.4 is 10.1 Å². The third kappa shape index (κ3) is 3.64. The van der Waals surface area contributed by atoms with E-state index in [1.54, 1.807) is 0 Å². The Morgan fingerprint density at radius 3 is 2.55 bits per heavy atom. The highest BCUT2D eigenvalue weighted by atomic mass is 35.5. The van der Waals surface area contributed by atoms with Crippen molar-refractivity contribution in [3.05, 3.63) is 52.2 Å². The van der Waals surface area contributed by atoms with E-state index in [2.05, 4.69) is 10.3 Å². The first-order chi connectivity index (χ1) is 9.60. The molecule has 1 heterocycles. The topological polar surface area (TPSA) is 34.1 Å². The zero-order chi connectivity index (χ0) is 14.5. The van der Waals surface area contributed by atoms with Gasteiger partial charge in [0.05, 0.1) is 5.69 Å². The molecular weight excluding hydrogens is 272 g/mol. The Hall–Kier alpha value is -1.74. The van der Waals surface area contributed by atoms with Crippen LogP contribution in [0.1, 0.15) is 23.7 Å². The third-order valence-corrected chi connectivity index (χ3v) is 3.56. The molecule has 0 atom stereocenters. The summed E-state index contributed by atoms with van der Waals surface area (Å²) in [6, 6.07) is 9.77. The zero-order valence-corrected chi connectivity index (χ0v) is 12.8. The summed E-state index contributed by atoms with van der Waals surface area (Å²) in [7, 11) is 0. The molecular formula is C16H19ClN2O. The molecule has 3 nitrogen and oxygen atoms in total. The Bertz CT molecular complexity index is 576. The average Bonchev–Trinajstić information content (AvgIpc) is 2.43. The van der Waals surface area contributed by atoms with Crippen molar-refractivity contribution in [3.8, 4) is 5.75 Å². The van der Waals surface area contributed by atoms with Crippen LogP contribution >= 0.6 is 11.6 Å². The van der Waals surface area contributed by atoms with Gasteiger partial charge in [-0.25, -0.2) is 4.98 Å². The van der Waals surface area contributed by atoms with E-state index in [1.807, 2.05) is 51.1 Å². The van der Waals surface area contributed by atoms with Crippen LogP contribution in [0.2, 0.25) is 5.02 Å². The van der Waals surface area contributed by atoms with Crippen molar-refractivity contribution in [2.24, 2.45) is 0 Å². The van der Waals surface area contributed by atoms with Gasteiger partial charge in [-0.3, -0.25) is 0 Å². The molecule has 0 aliphatic rings. The molecule has 1 aromatic heterocycles. The van der Waals surface area contributed by atoms with E-state index in [0.717, 1.165) is 40.0 Å². The number of hydrogen-bond donors (Lipinski definition) is 1. The van der Waals surface area contributed by atoms with Gasteiger partial charge in [0, 0.05) is 11.6 Å². The largest absolute Gasteiger partial charge is 0.487 e. The highest BCUT2D eigenvalue weighted by molar-refractivity contribution is 6.32. The van der Waals surface area contributed by atoms with Gasteiger partial charge in [-0.2, -0.15) is 0 Å². The van der Waals surface area contributed by atoms with Crippen molar-refractivity contribution < 1.29 is 4.74 Å². The summed E-state index contributed by atoms with van der Waals surface area (Å²) in [5.74, 6) is 1.69. The second kappa shape index (κ2) is 6.62. The number of hydrogen-bond acceptors (Lipinski definition) is 3. The Morgan fingerprint density at radius 1 is 1.20 bits per heavy atom. The summed E-state index contributed by atoms with van der Waals surface area (Å²) in [5.41, 5.74) is 2.95. The van der Waals surface area contributed by atoms with Gasteiger partial charge in [0.25, 0.3) is 0 Å². The molecule has 106 valence electrons. The molecule has 20 heavy (non-hydrogen) atoms. The minimum atomic E-state index is 0.444. The van der Waals surface area contributed by atoms with Crippen LogP contribution in [0.4, 0.5) is 5.82 Å². The normalized spacial score (nSPS) is 10.4. The number of rotatable bonds is 5. The van der Waals surface area contributed by atoms with Crippen molar-refractivity contribution >= 4 is 17.4 Å². The fourth-order valence-corrected chi connectivity index (χ4v) is 2.10. The Morgan fingerprint density at radius 2 is 1.90 bits per heavy atom. The van der Waals surface area contributed by atoms with Crippen molar-refractivity contribution in [1.82, 2.24) is 4.98 Å². The van der Waals surface area contributed by atoms with Crippen LogP contribution in [-0.4, -0.2) is 11.5 Å². The van der Waals surface area contributed by atoms with E-state index in [4.69, 9.17) is 16.3 Å². The van der Waals surface area contributed by atoms with Crippen LogP contribution in [0.25, 0.3) is 0 Å². The number of pyridine rings is 1. The van der Waals surface area contributed by atoms with Gasteiger partial charge in [0.1, 0.15) is 18.2 Å². The standard InChI is InChI=1S/C16H19ClN2O/c1-4-18-15-7-5-6-13(19-15)10-20-14-8-11(2)16(17)12(3)9-14/h5-9H,4,10H2,1-3H3,(H,18,19). The molecule has 1 aromatic carbocycles.